The Kier molecular flexibility index (Phi) is 4.39. The minimum atomic E-state index is -0.826. The molecule has 2 fully saturated rings. The van der Waals surface area contributed by atoms with E-state index < -0.39 is 17.9 Å². The molecule has 1 saturated carbocycles. The second kappa shape index (κ2) is 6.04. The van der Waals surface area contributed by atoms with E-state index in [1.54, 1.807) is 0 Å². The molecular weight excluding hydrogens is 248 g/mol. The lowest BCUT2D eigenvalue weighted by molar-refractivity contribution is -0.144. The van der Waals surface area contributed by atoms with Gasteiger partial charge in [-0.25, -0.2) is 0 Å². The Labute approximate surface area is 111 Å². The number of amides is 2. The number of rotatable bonds is 3. The van der Waals surface area contributed by atoms with Crippen molar-refractivity contribution in [2.45, 2.75) is 44.6 Å². The number of piperidine rings is 1. The normalized spacial score (nSPS) is 31.4. The first-order valence-electron chi connectivity index (χ1n) is 6.89. The number of carbonyl (C=O) groups excluding carboxylic acids is 2. The molecule has 1 aliphatic carbocycles. The molecule has 1 heterocycles. The maximum absolute atomic E-state index is 12.1. The molecule has 19 heavy (non-hydrogen) atoms. The molecule has 6 heteroatoms. The monoisotopic (exact) mass is 268 g/mol. The van der Waals surface area contributed by atoms with Crippen LogP contribution in [-0.2, 0) is 14.4 Å². The van der Waals surface area contributed by atoms with Gasteiger partial charge in [-0.05, 0) is 32.1 Å². The van der Waals surface area contributed by atoms with Crippen LogP contribution in [0.15, 0.2) is 0 Å². The van der Waals surface area contributed by atoms with Gasteiger partial charge < -0.3 is 15.7 Å². The molecule has 0 bridgehead atoms. The first-order valence-corrected chi connectivity index (χ1v) is 6.89. The molecule has 1 aliphatic heterocycles. The molecule has 2 aliphatic rings. The Hall–Kier alpha value is -1.59. The van der Waals surface area contributed by atoms with E-state index in [1.165, 1.54) is 0 Å². The van der Waals surface area contributed by atoms with Crippen LogP contribution in [0, 0.1) is 11.8 Å². The van der Waals surface area contributed by atoms with Gasteiger partial charge in [-0.1, -0.05) is 6.42 Å². The molecule has 0 spiro atoms. The Bertz CT molecular complexity index is 383. The third-order valence-electron chi connectivity index (χ3n) is 4.00. The molecule has 0 aromatic rings. The third kappa shape index (κ3) is 3.45. The van der Waals surface area contributed by atoms with Crippen molar-refractivity contribution in [1.82, 2.24) is 10.6 Å². The molecular formula is C13H20N2O4. The predicted molar refractivity (Wildman–Crippen MR) is 67.3 cm³/mol. The SMILES string of the molecule is O=C(O)C1CCCC(C(=O)NC2CCCNC2=O)C1. The van der Waals surface area contributed by atoms with Crippen LogP contribution in [0.4, 0.5) is 0 Å². The number of carbonyl (C=O) groups is 3. The van der Waals surface area contributed by atoms with Crippen molar-refractivity contribution in [2.75, 3.05) is 6.54 Å². The maximum Gasteiger partial charge on any atom is 0.306 e. The maximum atomic E-state index is 12.1. The van der Waals surface area contributed by atoms with Crippen molar-refractivity contribution in [2.24, 2.45) is 11.8 Å². The zero-order valence-electron chi connectivity index (χ0n) is 10.9. The second-order valence-corrected chi connectivity index (χ2v) is 5.39. The van der Waals surface area contributed by atoms with E-state index in [0.29, 0.717) is 32.2 Å². The Morgan fingerprint density at radius 1 is 1.16 bits per heavy atom. The van der Waals surface area contributed by atoms with Crippen molar-refractivity contribution in [3.63, 3.8) is 0 Å². The largest absolute Gasteiger partial charge is 0.481 e. The number of carboxylic acid groups (broad SMARTS) is 1. The summed E-state index contributed by atoms with van der Waals surface area (Å²) in [7, 11) is 0. The highest BCUT2D eigenvalue weighted by Crippen LogP contribution is 2.29. The molecule has 2 amide bonds. The van der Waals surface area contributed by atoms with Crippen LogP contribution in [0.1, 0.15) is 38.5 Å². The quantitative estimate of drug-likeness (QED) is 0.684. The summed E-state index contributed by atoms with van der Waals surface area (Å²) in [6.07, 6.45) is 4.01. The van der Waals surface area contributed by atoms with Crippen LogP contribution in [0.2, 0.25) is 0 Å². The van der Waals surface area contributed by atoms with Gasteiger partial charge in [0.05, 0.1) is 5.92 Å². The lowest BCUT2D eigenvalue weighted by Gasteiger charge is -2.29. The van der Waals surface area contributed by atoms with Crippen molar-refractivity contribution in [3.05, 3.63) is 0 Å². The number of aliphatic carboxylic acids is 1. The lowest BCUT2D eigenvalue weighted by Crippen LogP contribution is -2.52. The molecule has 6 nitrogen and oxygen atoms in total. The zero-order chi connectivity index (χ0) is 13.8. The predicted octanol–water partition coefficient (Wildman–Crippen LogP) is 0.272. The molecule has 3 unspecified atom stereocenters. The van der Waals surface area contributed by atoms with Gasteiger partial charge in [0, 0.05) is 12.5 Å². The summed E-state index contributed by atoms with van der Waals surface area (Å²) in [6, 6.07) is -0.452. The fraction of sp³-hybridized carbons (Fsp3) is 0.769. The smallest absolute Gasteiger partial charge is 0.306 e. The van der Waals surface area contributed by atoms with Gasteiger partial charge in [0.15, 0.2) is 0 Å². The molecule has 0 aromatic carbocycles. The minimum Gasteiger partial charge on any atom is -0.481 e. The van der Waals surface area contributed by atoms with Crippen molar-refractivity contribution < 1.29 is 19.5 Å². The molecule has 2 rings (SSSR count). The van der Waals surface area contributed by atoms with Crippen molar-refractivity contribution in [1.29, 1.82) is 0 Å². The van der Waals surface area contributed by atoms with Crippen LogP contribution in [0.25, 0.3) is 0 Å². The lowest BCUT2D eigenvalue weighted by atomic mass is 9.81. The number of hydrogen-bond donors (Lipinski definition) is 3. The van der Waals surface area contributed by atoms with Gasteiger partial charge in [-0.2, -0.15) is 0 Å². The second-order valence-electron chi connectivity index (χ2n) is 5.39. The van der Waals surface area contributed by atoms with E-state index in [9.17, 15) is 14.4 Å². The Morgan fingerprint density at radius 2 is 1.89 bits per heavy atom. The van der Waals surface area contributed by atoms with Crippen LogP contribution >= 0.6 is 0 Å². The van der Waals surface area contributed by atoms with Crippen molar-refractivity contribution in [3.8, 4) is 0 Å². The van der Waals surface area contributed by atoms with Gasteiger partial charge in [0.1, 0.15) is 6.04 Å². The highest BCUT2D eigenvalue weighted by atomic mass is 16.4. The summed E-state index contributed by atoms with van der Waals surface area (Å²) < 4.78 is 0. The van der Waals surface area contributed by atoms with E-state index in [4.69, 9.17) is 5.11 Å². The van der Waals surface area contributed by atoms with Crippen LogP contribution < -0.4 is 10.6 Å². The number of carboxylic acids is 1. The first-order chi connectivity index (χ1) is 9.08. The molecule has 106 valence electrons. The third-order valence-corrected chi connectivity index (χ3v) is 4.00. The standard InChI is InChI=1S/C13H20N2O4/c16-11(15-10-5-2-6-14-12(10)17)8-3-1-4-9(7-8)13(18)19/h8-10H,1-7H2,(H,14,17)(H,15,16)(H,18,19). The highest BCUT2D eigenvalue weighted by Gasteiger charge is 2.33. The van der Waals surface area contributed by atoms with E-state index in [-0.39, 0.29) is 17.7 Å². The van der Waals surface area contributed by atoms with E-state index in [2.05, 4.69) is 10.6 Å². The topological polar surface area (TPSA) is 95.5 Å². The molecule has 3 N–H and O–H groups in total. The minimum absolute atomic E-state index is 0.134. The number of hydrogen-bond acceptors (Lipinski definition) is 3. The Morgan fingerprint density at radius 3 is 2.58 bits per heavy atom. The van der Waals surface area contributed by atoms with E-state index in [1.807, 2.05) is 0 Å². The summed E-state index contributed by atoms with van der Waals surface area (Å²) in [5.74, 6) is -1.83. The van der Waals surface area contributed by atoms with Crippen molar-refractivity contribution >= 4 is 17.8 Å². The highest BCUT2D eigenvalue weighted by molar-refractivity contribution is 5.89. The Balaban J connectivity index is 1.88. The van der Waals surface area contributed by atoms with Gasteiger partial charge in [0.25, 0.3) is 0 Å². The van der Waals surface area contributed by atoms with Gasteiger partial charge in [-0.15, -0.1) is 0 Å². The molecule has 3 atom stereocenters. The average Bonchev–Trinajstić information content (AvgIpc) is 2.41. The summed E-state index contributed by atoms with van der Waals surface area (Å²) in [4.78, 5) is 34.6. The van der Waals surface area contributed by atoms with E-state index >= 15 is 0 Å². The van der Waals surface area contributed by atoms with Crippen LogP contribution in [-0.4, -0.2) is 35.5 Å². The summed E-state index contributed by atoms with van der Waals surface area (Å²) in [5.41, 5.74) is 0. The first kappa shape index (κ1) is 13.8. The molecule has 1 saturated heterocycles. The average molecular weight is 268 g/mol. The summed E-state index contributed by atoms with van der Waals surface area (Å²) in [5, 5.41) is 14.5. The van der Waals surface area contributed by atoms with Gasteiger partial charge >= 0.3 is 5.97 Å². The summed E-state index contributed by atoms with van der Waals surface area (Å²) in [6.45, 7) is 0.662. The van der Waals surface area contributed by atoms with Crippen LogP contribution in [0.5, 0.6) is 0 Å². The van der Waals surface area contributed by atoms with Gasteiger partial charge in [0.2, 0.25) is 11.8 Å². The van der Waals surface area contributed by atoms with Gasteiger partial charge in [-0.3, -0.25) is 14.4 Å². The zero-order valence-corrected chi connectivity index (χ0v) is 10.9. The fourth-order valence-electron chi connectivity index (χ4n) is 2.85. The van der Waals surface area contributed by atoms with Crippen LogP contribution in [0.3, 0.4) is 0 Å². The molecule has 0 radical (unpaired) electrons. The summed E-state index contributed by atoms with van der Waals surface area (Å²) >= 11 is 0. The fourth-order valence-corrected chi connectivity index (χ4v) is 2.85. The molecule has 0 aromatic heterocycles. The number of nitrogens with one attached hydrogen (secondary N) is 2. The van der Waals surface area contributed by atoms with E-state index in [0.717, 1.165) is 12.8 Å².